The van der Waals surface area contributed by atoms with Gasteiger partial charge < -0.3 is 10.6 Å². The van der Waals surface area contributed by atoms with Crippen molar-refractivity contribution in [3.63, 3.8) is 0 Å². The van der Waals surface area contributed by atoms with Crippen molar-refractivity contribution in [1.82, 2.24) is 0 Å². The Morgan fingerprint density at radius 1 is 1.40 bits per heavy atom. The summed E-state index contributed by atoms with van der Waals surface area (Å²) in [5.41, 5.74) is 8.42. The summed E-state index contributed by atoms with van der Waals surface area (Å²) in [6, 6.07) is 5.73. The molecule has 2 atom stereocenters. The molecule has 80 valence electrons. The molecule has 2 aliphatic heterocycles. The lowest BCUT2D eigenvalue weighted by molar-refractivity contribution is 0.414. The first-order valence-corrected chi connectivity index (χ1v) is 5.56. The summed E-state index contributed by atoms with van der Waals surface area (Å²) >= 11 is 0. The zero-order valence-corrected chi connectivity index (χ0v) is 8.62. The second-order valence-electron chi connectivity index (χ2n) is 4.54. The highest BCUT2D eigenvalue weighted by Crippen LogP contribution is 2.36. The van der Waals surface area contributed by atoms with E-state index in [1.165, 1.54) is 5.69 Å². The molecule has 15 heavy (non-hydrogen) atoms. The highest BCUT2D eigenvalue weighted by atomic mass is 19.1. The molecule has 2 aliphatic rings. The van der Waals surface area contributed by atoms with Crippen LogP contribution >= 0.6 is 0 Å². The molecule has 1 fully saturated rings. The minimum atomic E-state index is -0.137. The molecular formula is C12H15FN2. The topological polar surface area (TPSA) is 29.3 Å². The second-order valence-corrected chi connectivity index (χ2v) is 4.54. The highest BCUT2D eigenvalue weighted by molar-refractivity contribution is 5.60. The summed E-state index contributed by atoms with van der Waals surface area (Å²) in [6.45, 7) is 1.07. The van der Waals surface area contributed by atoms with Gasteiger partial charge in [-0.25, -0.2) is 4.39 Å². The van der Waals surface area contributed by atoms with Crippen LogP contribution in [0.3, 0.4) is 0 Å². The molecule has 2 heterocycles. The van der Waals surface area contributed by atoms with Crippen LogP contribution in [0.15, 0.2) is 18.2 Å². The van der Waals surface area contributed by atoms with Crippen LogP contribution in [0.2, 0.25) is 0 Å². The molecule has 2 unspecified atom stereocenters. The maximum absolute atomic E-state index is 13.1. The fourth-order valence-electron chi connectivity index (χ4n) is 2.87. The second kappa shape index (κ2) is 3.20. The SMILES string of the molecule is NC1CCCN2c3ccc(F)cc3CC12. The Kier molecular flexibility index (Phi) is 1.96. The molecule has 0 aromatic heterocycles. The fourth-order valence-corrected chi connectivity index (χ4v) is 2.87. The van der Waals surface area contributed by atoms with Gasteiger partial charge in [0.1, 0.15) is 5.82 Å². The van der Waals surface area contributed by atoms with Crippen LogP contribution in [0.4, 0.5) is 10.1 Å². The van der Waals surface area contributed by atoms with Crippen molar-refractivity contribution in [2.45, 2.75) is 31.3 Å². The minimum Gasteiger partial charge on any atom is -0.366 e. The van der Waals surface area contributed by atoms with Crippen molar-refractivity contribution in [2.75, 3.05) is 11.4 Å². The van der Waals surface area contributed by atoms with Gasteiger partial charge in [0, 0.05) is 24.3 Å². The molecule has 1 aromatic carbocycles. The van der Waals surface area contributed by atoms with E-state index in [0.29, 0.717) is 6.04 Å². The third kappa shape index (κ3) is 1.34. The van der Waals surface area contributed by atoms with Crippen LogP contribution in [-0.4, -0.2) is 18.6 Å². The van der Waals surface area contributed by atoms with Crippen LogP contribution in [0.5, 0.6) is 0 Å². The zero-order valence-electron chi connectivity index (χ0n) is 8.62. The van der Waals surface area contributed by atoms with E-state index in [1.807, 2.05) is 6.07 Å². The molecule has 2 nitrogen and oxygen atoms in total. The number of piperidine rings is 1. The number of rotatable bonds is 0. The normalized spacial score (nSPS) is 28.8. The van der Waals surface area contributed by atoms with Gasteiger partial charge in [0.05, 0.1) is 0 Å². The average molecular weight is 206 g/mol. The average Bonchev–Trinajstić information content (AvgIpc) is 2.57. The molecule has 0 bridgehead atoms. The Bertz CT molecular complexity index is 391. The molecular weight excluding hydrogens is 191 g/mol. The Labute approximate surface area is 88.9 Å². The van der Waals surface area contributed by atoms with Crippen LogP contribution < -0.4 is 10.6 Å². The Balaban J connectivity index is 2.00. The number of hydrogen-bond donors (Lipinski definition) is 1. The van der Waals surface area contributed by atoms with Gasteiger partial charge in [0.25, 0.3) is 0 Å². The zero-order chi connectivity index (χ0) is 10.4. The molecule has 3 rings (SSSR count). The van der Waals surface area contributed by atoms with Crippen LogP contribution in [0, 0.1) is 5.82 Å². The van der Waals surface area contributed by atoms with Crippen molar-refractivity contribution in [3.8, 4) is 0 Å². The number of hydrogen-bond acceptors (Lipinski definition) is 2. The molecule has 0 amide bonds. The monoisotopic (exact) mass is 206 g/mol. The van der Waals surface area contributed by atoms with Gasteiger partial charge >= 0.3 is 0 Å². The van der Waals surface area contributed by atoms with E-state index in [4.69, 9.17) is 5.73 Å². The number of halogens is 1. The van der Waals surface area contributed by atoms with Gasteiger partial charge in [-0.3, -0.25) is 0 Å². The lowest BCUT2D eigenvalue weighted by Gasteiger charge is -2.36. The van der Waals surface area contributed by atoms with Gasteiger partial charge in [-0.05, 0) is 43.0 Å². The first-order valence-electron chi connectivity index (χ1n) is 5.56. The number of nitrogens with zero attached hydrogens (tertiary/aromatic N) is 1. The van der Waals surface area contributed by atoms with Gasteiger partial charge in [-0.15, -0.1) is 0 Å². The summed E-state index contributed by atoms with van der Waals surface area (Å²) < 4.78 is 13.1. The summed E-state index contributed by atoms with van der Waals surface area (Å²) in [5, 5.41) is 0. The Morgan fingerprint density at radius 2 is 2.27 bits per heavy atom. The third-order valence-electron chi connectivity index (χ3n) is 3.61. The van der Waals surface area contributed by atoms with Gasteiger partial charge in [0.2, 0.25) is 0 Å². The third-order valence-corrected chi connectivity index (χ3v) is 3.61. The van der Waals surface area contributed by atoms with Crippen molar-refractivity contribution in [2.24, 2.45) is 5.73 Å². The highest BCUT2D eigenvalue weighted by Gasteiger charge is 2.35. The maximum atomic E-state index is 13.1. The van der Waals surface area contributed by atoms with E-state index in [9.17, 15) is 4.39 Å². The summed E-state index contributed by atoms with van der Waals surface area (Å²) in [7, 11) is 0. The Hall–Kier alpha value is -1.09. The van der Waals surface area contributed by atoms with Crippen molar-refractivity contribution >= 4 is 5.69 Å². The quantitative estimate of drug-likeness (QED) is 0.699. The molecule has 3 heteroatoms. The van der Waals surface area contributed by atoms with Crippen molar-refractivity contribution in [3.05, 3.63) is 29.6 Å². The molecule has 1 aromatic rings. The molecule has 0 spiro atoms. The van der Waals surface area contributed by atoms with Crippen LogP contribution in [0.25, 0.3) is 0 Å². The number of nitrogens with two attached hydrogens (primary N) is 1. The summed E-state index contributed by atoms with van der Waals surface area (Å²) in [6.07, 6.45) is 3.15. The summed E-state index contributed by atoms with van der Waals surface area (Å²) in [5.74, 6) is -0.137. The standard InChI is InChI=1S/C12H15FN2/c13-9-3-4-11-8(6-9)7-12-10(14)2-1-5-15(11)12/h3-4,6,10,12H,1-2,5,7,14H2. The van der Waals surface area contributed by atoms with E-state index in [2.05, 4.69) is 4.90 Å². The van der Waals surface area contributed by atoms with Gasteiger partial charge in [-0.2, -0.15) is 0 Å². The molecule has 1 saturated heterocycles. The van der Waals surface area contributed by atoms with Crippen molar-refractivity contribution < 1.29 is 4.39 Å². The van der Waals surface area contributed by atoms with Crippen LogP contribution in [0.1, 0.15) is 18.4 Å². The van der Waals surface area contributed by atoms with E-state index in [-0.39, 0.29) is 11.9 Å². The van der Waals surface area contributed by atoms with E-state index < -0.39 is 0 Å². The smallest absolute Gasteiger partial charge is 0.123 e. The first kappa shape index (κ1) is 9.16. The predicted octanol–water partition coefficient (Wildman–Crippen LogP) is 1.68. The Morgan fingerprint density at radius 3 is 3.13 bits per heavy atom. The van der Waals surface area contributed by atoms with Crippen LogP contribution in [-0.2, 0) is 6.42 Å². The maximum Gasteiger partial charge on any atom is 0.123 e. The number of benzene rings is 1. The van der Waals surface area contributed by atoms with E-state index in [1.54, 1.807) is 12.1 Å². The largest absolute Gasteiger partial charge is 0.366 e. The first-order chi connectivity index (χ1) is 7.25. The molecule has 0 aliphatic carbocycles. The van der Waals surface area contributed by atoms with Crippen molar-refractivity contribution in [1.29, 1.82) is 0 Å². The lowest BCUT2D eigenvalue weighted by Crippen LogP contribution is -2.50. The molecule has 0 radical (unpaired) electrons. The molecule has 0 saturated carbocycles. The minimum absolute atomic E-state index is 0.137. The summed E-state index contributed by atoms with van der Waals surface area (Å²) in [4.78, 5) is 2.35. The fraction of sp³-hybridized carbons (Fsp3) is 0.500. The molecule has 2 N–H and O–H groups in total. The van der Waals surface area contributed by atoms with E-state index in [0.717, 1.165) is 31.4 Å². The number of fused-ring (bicyclic) bond motifs is 3. The van der Waals surface area contributed by atoms with Gasteiger partial charge in [0.15, 0.2) is 0 Å². The lowest BCUT2D eigenvalue weighted by atomic mass is 9.96. The predicted molar refractivity (Wildman–Crippen MR) is 58.4 cm³/mol. The number of anilines is 1. The van der Waals surface area contributed by atoms with Gasteiger partial charge in [-0.1, -0.05) is 0 Å². The van der Waals surface area contributed by atoms with E-state index >= 15 is 0 Å².